The van der Waals surface area contributed by atoms with Gasteiger partial charge in [0.1, 0.15) is 0 Å². The number of hydrogen-bond donors (Lipinski definition) is 0. The molecule has 5 nitrogen and oxygen atoms in total. The number of hydrogen-bond acceptors (Lipinski definition) is 4. The third-order valence-electron chi connectivity index (χ3n) is 4.83. The Morgan fingerprint density at radius 2 is 2.45 bits per heavy atom. The first-order valence-corrected chi connectivity index (χ1v) is 8.02. The highest BCUT2D eigenvalue weighted by Gasteiger charge is 2.46. The number of pyridine rings is 1. The zero-order chi connectivity index (χ0) is 15.4. The predicted octanol–water partition coefficient (Wildman–Crippen LogP) is 1.67. The van der Waals surface area contributed by atoms with E-state index in [-0.39, 0.29) is 17.4 Å². The molecule has 2 unspecified atom stereocenters. The first-order valence-electron chi connectivity index (χ1n) is 8.02. The third kappa shape index (κ3) is 3.15. The van der Waals surface area contributed by atoms with Crippen molar-refractivity contribution in [3.63, 3.8) is 0 Å². The molecular formula is C17H24N2O3. The average Bonchev–Trinajstić information content (AvgIpc) is 2.55. The number of likely N-dealkylation sites (tertiary alicyclic amines) is 1. The summed E-state index contributed by atoms with van der Waals surface area (Å²) in [5, 5.41) is 0. The van der Waals surface area contributed by atoms with Crippen molar-refractivity contribution in [2.45, 2.75) is 31.8 Å². The van der Waals surface area contributed by atoms with Gasteiger partial charge in [-0.1, -0.05) is 6.07 Å². The van der Waals surface area contributed by atoms with Gasteiger partial charge in [-0.2, -0.15) is 0 Å². The molecule has 0 aliphatic carbocycles. The van der Waals surface area contributed by atoms with Crippen LogP contribution in [0.1, 0.15) is 25.0 Å². The molecule has 0 bridgehead atoms. The van der Waals surface area contributed by atoms with Gasteiger partial charge in [-0.15, -0.1) is 0 Å². The van der Waals surface area contributed by atoms with E-state index in [4.69, 9.17) is 9.47 Å². The van der Waals surface area contributed by atoms with E-state index >= 15 is 0 Å². The van der Waals surface area contributed by atoms with Crippen LogP contribution in [0.25, 0.3) is 0 Å². The second kappa shape index (κ2) is 6.75. The minimum Gasteiger partial charge on any atom is -0.384 e. The van der Waals surface area contributed by atoms with Crippen LogP contribution in [-0.2, 0) is 20.7 Å². The molecule has 2 aliphatic rings. The van der Waals surface area contributed by atoms with Gasteiger partial charge < -0.3 is 14.4 Å². The summed E-state index contributed by atoms with van der Waals surface area (Å²) in [5.74, 6) is 0.151. The molecule has 3 rings (SSSR count). The molecule has 3 heterocycles. The first-order chi connectivity index (χ1) is 10.7. The van der Waals surface area contributed by atoms with E-state index in [1.807, 2.05) is 23.1 Å². The van der Waals surface area contributed by atoms with Crippen molar-refractivity contribution in [1.82, 2.24) is 9.88 Å². The zero-order valence-electron chi connectivity index (χ0n) is 13.2. The summed E-state index contributed by atoms with van der Waals surface area (Å²) in [4.78, 5) is 18.8. The highest BCUT2D eigenvalue weighted by Crippen LogP contribution is 2.40. The number of amides is 1. The molecule has 5 heteroatoms. The molecule has 0 spiro atoms. The van der Waals surface area contributed by atoms with Crippen LogP contribution >= 0.6 is 0 Å². The Morgan fingerprint density at radius 1 is 1.55 bits per heavy atom. The maximum atomic E-state index is 12.6. The first kappa shape index (κ1) is 15.4. The Hall–Kier alpha value is -1.46. The molecule has 0 N–H and O–H groups in total. The van der Waals surface area contributed by atoms with Crippen molar-refractivity contribution >= 4 is 5.91 Å². The Kier molecular flexibility index (Phi) is 4.74. The summed E-state index contributed by atoms with van der Waals surface area (Å²) in [6, 6.07) is 5.69. The maximum Gasteiger partial charge on any atom is 0.228 e. The Morgan fingerprint density at radius 3 is 3.23 bits per heavy atom. The van der Waals surface area contributed by atoms with Gasteiger partial charge in [0.2, 0.25) is 5.91 Å². The SMILES string of the molecule is COCC12CCCOC1CCN(C(=O)Cc1ccccn1)C2. The van der Waals surface area contributed by atoms with Gasteiger partial charge in [-0.25, -0.2) is 0 Å². The summed E-state index contributed by atoms with van der Waals surface area (Å²) in [5.41, 5.74) is 0.792. The molecule has 0 aromatic carbocycles. The molecule has 22 heavy (non-hydrogen) atoms. The van der Waals surface area contributed by atoms with E-state index in [9.17, 15) is 4.79 Å². The lowest BCUT2D eigenvalue weighted by atomic mass is 9.73. The Balaban J connectivity index is 1.68. The molecule has 2 aliphatic heterocycles. The molecule has 1 aromatic rings. The van der Waals surface area contributed by atoms with E-state index in [1.165, 1.54) is 0 Å². The van der Waals surface area contributed by atoms with E-state index in [0.717, 1.165) is 44.7 Å². The fourth-order valence-corrected chi connectivity index (χ4v) is 3.77. The number of carbonyl (C=O) groups is 1. The van der Waals surface area contributed by atoms with Crippen molar-refractivity contribution < 1.29 is 14.3 Å². The minimum atomic E-state index is -0.0367. The standard InChI is InChI=1S/C17H24N2O3/c1-21-13-17-7-4-10-22-15(17)6-9-19(12-17)16(20)11-14-5-2-3-8-18-14/h2-3,5,8,15H,4,6-7,9-13H2,1H3. The summed E-state index contributed by atoms with van der Waals surface area (Å²) >= 11 is 0. The lowest BCUT2D eigenvalue weighted by molar-refractivity contribution is -0.161. The van der Waals surface area contributed by atoms with Crippen LogP contribution in [0, 0.1) is 5.41 Å². The van der Waals surface area contributed by atoms with Crippen molar-refractivity contribution in [3.05, 3.63) is 30.1 Å². The minimum absolute atomic E-state index is 0.0367. The van der Waals surface area contributed by atoms with Gasteiger partial charge in [0, 0.05) is 44.1 Å². The van der Waals surface area contributed by atoms with Crippen LogP contribution in [0.4, 0.5) is 0 Å². The fraction of sp³-hybridized carbons (Fsp3) is 0.647. The molecule has 0 radical (unpaired) electrons. The van der Waals surface area contributed by atoms with E-state index in [2.05, 4.69) is 4.98 Å². The second-order valence-electron chi connectivity index (χ2n) is 6.36. The monoisotopic (exact) mass is 304 g/mol. The number of methoxy groups -OCH3 is 1. The maximum absolute atomic E-state index is 12.6. The molecule has 2 saturated heterocycles. The Labute approximate surface area is 131 Å². The number of rotatable bonds is 4. The van der Waals surface area contributed by atoms with Crippen LogP contribution in [0.15, 0.2) is 24.4 Å². The second-order valence-corrected chi connectivity index (χ2v) is 6.36. The van der Waals surface area contributed by atoms with Gasteiger partial charge in [0.15, 0.2) is 0 Å². The predicted molar refractivity (Wildman–Crippen MR) is 82.4 cm³/mol. The Bertz CT molecular complexity index is 504. The number of ether oxygens (including phenoxy) is 2. The summed E-state index contributed by atoms with van der Waals surface area (Å²) in [6.45, 7) is 2.99. The van der Waals surface area contributed by atoms with Crippen molar-refractivity contribution in [3.8, 4) is 0 Å². The molecule has 1 amide bonds. The zero-order valence-corrected chi connectivity index (χ0v) is 13.2. The topological polar surface area (TPSA) is 51.7 Å². The molecule has 1 aromatic heterocycles. The van der Waals surface area contributed by atoms with Gasteiger partial charge in [-0.3, -0.25) is 9.78 Å². The molecule has 120 valence electrons. The van der Waals surface area contributed by atoms with Gasteiger partial charge in [0.05, 0.1) is 19.1 Å². The molecular weight excluding hydrogens is 280 g/mol. The largest absolute Gasteiger partial charge is 0.384 e. The number of aromatic nitrogens is 1. The highest BCUT2D eigenvalue weighted by molar-refractivity contribution is 5.78. The van der Waals surface area contributed by atoms with Gasteiger partial charge >= 0.3 is 0 Å². The lowest BCUT2D eigenvalue weighted by Gasteiger charge is -2.50. The van der Waals surface area contributed by atoms with Crippen LogP contribution in [0.3, 0.4) is 0 Å². The summed E-state index contributed by atoms with van der Waals surface area (Å²) in [7, 11) is 1.73. The van der Waals surface area contributed by atoms with Crippen molar-refractivity contribution in [2.75, 3.05) is 33.4 Å². The van der Waals surface area contributed by atoms with E-state index in [0.29, 0.717) is 13.0 Å². The molecule has 2 atom stereocenters. The van der Waals surface area contributed by atoms with E-state index in [1.54, 1.807) is 13.3 Å². The van der Waals surface area contributed by atoms with Crippen molar-refractivity contribution in [1.29, 1.82) is 0 Å². The quantitative estimate of drug-likeness (QED) is 0.849. The van der Waals surface area contributed by atoms with Crippen LogP contribution in [0.5, 0.6) is 0 Å². The average molecular weight is 304 g/mol. The van der Waals surface area contributed by atoms with E-state index < -0.39 is 0 Å². The molecule has 2 fully saturated rings. The smallest absolute Gasteiger partial charge is 0.228 e. The van der Waals surface area contributed by atoms with Crippen LogP contribution in [0.2, 0.25) is 0 Å². The number of piperidine rings is 1. The summed E-state index contributed by atoms with van der Waals surface area (Å²) in [6.07, 6.45) is 5.34. The van der Waals surface area contributed by atoms with Gasteiger partial charge in [-0.05, 0) is 31.4 Å². The van der Waals surface area contributed by atoms with Crippen LogP contribution in [-0.4, -0.2) is 55.3 Å². The highest BCUT2D eigenvalue weighted by atomic mass is 16.5. The normalized spacial score (nSPS) is 28.2. The third-order valence-corrected chi connectivity index (χ3v) is 4.83. The van der Waals surface area contributed by atoms with Crippen molar-refractivity contribution in [2.24, 2.45) is 5.41 Å². The number of carbonyl (C=O) groups excluding carboxylic acids is 1. The number of fused-ring (bicyclic) bond motifs is 1. The van der Waals surface area contributed by atoms with Crippen LogP contribution < -0.4 is 0 Å². The number of nitrogens with zero attached hydrogens (tertiary/aromatic N) is 2. The molecule has 0 saturated carbocycles. The summed E-state index contributed by atoms with van der Waals surface area (Å²) < 4.78 is 11.4. The fourth-order valence-electron chi connectivity index (χ4n) is 3.77. The van der Waals surface area contributed by atoms with Gasteiger partial charge in [0.25, 0.3) is 0 Å². The lowest BCUT2D eigenvalue weighted by Crippen LogP contribution is -2.58.